The van der Waals surface area contributed by atoms with Crippen LogP contribution in [-0.2, 0) is 6.54 Å². The second-order valence-electron chi connectivity index (χ2n) is 5.97. The lowest BCUT2D eigenvalue weighted by atomic mass is 10.2. The van der Waals surface area contributed by atoms with Crippen LogP contribution >= 0.6 is 0 Å². The Labute approximate surface area is 168 Å². The lowest BCUT2D eigenvalue weighted by molar-refractivity contribution is 0.102. The van der Waals surface area contributed by atoms with Gasteiger partial charge in [0, 0.05) is 35.8 Å². The fourth-order valence-corrected chi connectivity index (χ4v) is 2.71. The van der Waals surface area contributed by atoms with Crippen LogP contribution in [0.3, 0.4) is 0 Å². The van der Waals surface area contributed by atoms with Gasteiger partial charge in [-0.2, -0.15) is 0 Å². The van der Waals surface area contributed by atoms with Crippen molar-refractivity contribution in [1.29, 1.82) is 0 Å². The normalized spacial score (nSPS) is 10.2. The van der Waals surface area contributed by atoms with E-state index in [4.69, 9.17) is 14.2 Å². The summed E-state index contributed by atoms with van der Waals surface area (Å²) in [6.45, 7) is 0.506. The first-order valence-electron chi connectivity index (χ1n) is 8.85. The molecule has 2 heterocycles. The van der Waals surface area contributed by atoms with E-state index in [9.17, 15) is 4.79 Å². The van der Waals surface area contributed by atoms with Gasteiger partial charge in [0.05, 0.1) is 33.6 Å². The maximum Gasteiger partial charge on any atom is 0.255 e. The minimum Gasteiger partial charge on any atom is -0.493 e. The molecule has 150 valence electrons. The van der Waals surface area contributed by atoms with Gasteiger partial charge in [-0.05, 0) is 24.3 Å². The summed E-state index contributed by atoms with van der Waals surface area (Å²) in [5.41, 5.74) is 1.85. The molecule has 8 heteroatoms. The van der Waals surface area contributed by atoms with Crippen LogP contribution in [0.1, 0.15) is 16.1 Å². The van der Waals surface area contributed by atoms with Gasteiger partial charge in [-0.25, -0.2) is 4.98 Å². The van der Waals surface area contributed by atoms with E-state index in [0.29, 0.717) is 40.9 Å². The Morgan fingerprint density at radius 3 is 2.31 bits per heavy atom. The van der Waals surface area contributed by atoms with Gasteiger partial charge in [0.15, 0.2) is 11.5 Å². The van der Waals surface area contributed by atoms with E-state index in [1.807, 2.05) is 18.2 Å². The minimum atomic E-state index is -0.289. The molecule has 1 aromatic carbocycles. The summed E-state index contributed by atoms with van der Waals surface area (Å²) in [6.07, 6.45) is 3.30. The molecule has 0 bridgehead atoms. The monoisotopic (exact) mass is 394 g/mol. The molecular weight excluding hydrogens is 372 g/mol. The van der Waals surface area contributed by atoms with Crippen LogP contribution in [-0.4, -0.2) is 37.2 Å². The van der Waals surface area contributed by atoms with Crippen LogP contribution in [0.2, 0.25) is 0 Å². The lowest BCUT2D eigenvalue weighted by Crippen LogP contribution is -2.13. The number of rotatable bonds is 8. The van der Waals surface area contributed by atoms with E-state index in [1.165, 1.54) is 21.3 Å². The molecule has 0 unspecified atom stereocenters. The zero-order valence-electron chi connectivity index (χ0n) is 16.4. The first kappa shape index (κ1) is 19.9. The predicted octanol–water partition coefficient (Wildman–Crippen LogP) is 3.37. The number of carbonyl (C=O) groups is 1. The number of ether oxygens (including phenoxy) is 3. The summed E-state index contributed by atoms with van der Waals surface area (Å²) in [6, 6.07) is 12.3. The third-order valence-corrected chi connectivity index (χ3v) is 4.12. The van der Waals surface area contributed by atoms with Crippen molar-refractivity contribution in [3.8, 4) is 17.2 Å². The number of benzene rings is 1. The Bertz CT molecular complexity index is 954. The van der Waals surface area contributed by atoms with Crippen molar-refractivity contribution in [3.63, 3.8) is 0 Å². The highest BCUT2D eigenvalue weighted by Crippen LogP contribution is 2.40. The number of pyridine rings is 2. The van der Waals surface area contributed by atoms with E-state index in [-0.39, 0.29) is 5.91 Å². The maximum absolute atomic E-state index is 12.7. The van der Waals surface area contributed by atoms with Gasteiger partial charge >= 0.3 is 0 Å². The molecule has 29 heavy (non-hydrogen) atoms. The van der Waals surface area contributed by atoms with Crippen LogP contribution in [0.5, 0.6) is 17.2 Å². The summed E-state index contributed by atoms with van der Waals surface area (Å²) < 4.78 is 15.9. The van der Waals surface area contributed by atoms with Crippen molar-refractivity contribution in [2.24, 2.45) is 0 Å². The number of nitrogens with one attached hydrogen (secondary N) is 2. The highest BCUT2D eigenvalue weighted by molar-refractivity contribution is 6.05. The molecule has 0 radical (unpaired) electrons. The minimum absolute atomic E-state index is 0.289. The molecule has 2 aromatic heterocycles. The van der Waals surface area contributed by atoms with Crippen molar-refractivity contribution < 1.29 is 19.0 Å². The third-order valence-electron chi connectivity index (χ3n) is 4.12. The van der Waals surface area contributed by atoms with Gasteiger partial charge in [0.2, 0.25) is 5.75 Å². The van der Waals surface area contributed by atoms with Gasteiger partial charge in [-0.1, -0.05) is 6.07 Å². The summed E-state index contributed by atoms with van der Waals surface area (Å²) in [5, 5.41) is 6.00. The van der Waals surface area contributed by atoms with E-state index < -0.39 is 0 Å². The molecule has 0 aliphatic rings. The quantitative estimate of drug-likeness (QED) is 0.605. The first-order chi connectivity index (χ1) is 14.1. The lowest BCUT2D eigenvalue weighted by Gasteiger charge is -2.14. The molecule has 0 saturated heterocycles. The van der Waals surface area contributed by atoms with Crippen molar-refractivity contribution in [3.05, 3.63) is 66.1 Å². The van der Waals surface area contributed by atoms with Crippen molar-refractivity contribution in [1.82, 2.24) is 9.97 Å². The topological polar surface area (TPSA) is 94.6 Å². The van der Waals surface area contributed by atoms with Crippen LogP contribution in [0.4, 0.5) is 11.5 Å². The summed E-state index contributed by atoms with van der Waals surface area (Å²) in [5.74, 6) is 1.65. The summed E-state index contributed by atoms with van der Waals surface area (Å²) in [7, 11) is 4.56. The van der Waals surface area contributed by atoms with E-state index >= 15 is 0 Å². The van der Waals surface area contributed by atoms with Gasteiger partial charge in [-0.3, -0.25) is 9.78 Å². The standard InChI is InChI=1S/C21H22N4O4/c1-27-17-11-16(12-18(28-2)20(17)29-3)25-21(26)14-7-9-23-19(10-14)24-13-15-6-4-5-8-22-15/h4-12H,13H2,1-3H3,(H,23,24)(H,25,26). The highest BCUT2D eigenvalue weighted by atomic mass is 16.5. The van der Waals surface area contributed by atoms with Crippen molar-refractivity contribution in [2.75, 3.05) is 32.0 Å². The fourth-order valence-electron chi connectivity index (χ4n) is 2.71. The molecule has 0 aliphatic carbocycles. The van der Waals surface area contributed by atoms with Gasteiger partial charge in [0.25, 0.3) is 5.91 Å². The average Bonchev–Trinajstić information content (AvgIpc) is 2.77. The van der Waals surface area contributed by atoms with Crippen LogP contribution < -0.4 is 24.8 Å². The second-order valence-corrected chi connectivity index (χ2v) is 5.97. The molecule has 8 nitrogen and oxygen atoms in total. The number of aromatic nitrogens is 2. The molecule has 0 spiro atoms. The number of hydrogen-bond acceptors (Lipinski definition) is 7. The van der Waals surface area contributed by atoms with Gasteiger partial charge in [0.1, 0.15) is 5.82 Å². The molecule has 0 saturated carbocycles. The molecule has 0 fully saturated rings. The van der Waals surface area contributed by atoms with Crippen LogP contribution in [0.15, 0.2) is 54.9 Å². The molecule has 3 rings (SSSR count). The summed E-state index contributed by atoms with van der Waals surface area (Å²) in [4.78, 5) is 21.2. The van der Waals surface area contributed by atoms with Gasteiger partial charge in [-0.15, -0.1) is 0 Å². The third kappa shape index (κ3) is 4.92. The predicted molar refractivity (Wildman–Crippen MR) is 110 cm³/mol. The number of carbonyl (C=O) groups excluding carboxylic acids is 1. The Balaban J connectivity index is 1.74. The fraction of sp³-hybridized carbons (Fsp3) is 0.190. The van der Waals surface area contributed by atoms with Crippen molar-refractivity contribution in [2.45, 2.75) is 6.54 Å². The molecule has 0 atom stereocenters. The molecule has 0 aliphatic heterocycles. The molecular formula is C21H22N4O4. The Hall–Kier alpha value is -3.81. The first-order valence-corrected chi connectivity index (χ1v) is 8.85. The molecule has 3 aromatic rings. The molecule has 1 amide bonds. The molecule has 2 N–H and O–H groups in total. The zero-order valence-corrected chi connectivity index (χ0v) is 16.4. The maximum atomic E-state index is 12.7. The number of nitrogens with zero attached hydrogens (tertiary/aromatic N) is 2. The van der Waals surface area contributed by atoms with E-state index in [1.54, 1.807) is 36.7 Å². The number of hydrogen-bond donors (Lipinski definition) is 2. The van der Waals surface area contributed by atoms with E-state index in [2.05, 4.69) is 20.6 Å². The average molecular weight is 394 g/mol. The number of anilines is 2. The zero-order chi connectivity index (χ0) is 20.6. The van der Waals surface area contributed by atoms with Crippen molar-refractivity contribution >= 4 is 17.4 Å². The van der Waals surface area contributed by atoms with E-state index in [0.717, 1.165) is 5.69 Å². The Morgan fingerprint density at radius 2 is 1.69 bits per heavy atom. The second kappa shape index (κ2) is 9.41. The Kier molecular flexibility index (Phi) is 6.47. The van der Waals surface area contributed by atoms with Crippen LogP contribution in [0.25, 0.3) is 0 Å². The largest absolute Gasteiger partial charge is 0.493 e. The number of methoxy groups -OCH3 is 3. The summed E-state index contributed by atoms with van der Waals surface area (Å²) >= 11 is 0. The Morgan fingerprint density at radius 1 is 0.931 bits per heavy atom. The smallest absolute Gasteiger partial charge is 0.255 e. The van der Waals surface area contributed by atoms with Gasteiger partial charge < -0.3 is 24.8 Å². The number of amides is 1. The SMILES string of the molecule is COc1cc(NC(=O)c2ccnc(NCc3ccccn3)c2)cc(OC)c1OC. The van der Waals surface area contributed by atoms with Crippen LogP contribution in [0, 0.1) is 0 Å². The highest BCUT2D eigenvalue weighted by Gasteiger charge is 2.15.